The topological polar surface area (TPSA) is 70.9 Å². The Morgan fingerprint density at radius 2 is 1.35 bits per heavy atom. The van der Waals surface area contributed by atoms with Crippen molar-refractivity contribution >= 4 is 32.9 Å². The molecule has 0 aromatic heterocycles. The van der Waals surface area contributed by atoms with Gasteiger partial charge in [-0.05, 0) is 87.2 Å². The number of hydrogen-bond acceptors (Lipinski definition) is 3. The van der Waals surface area contributed by atoms with Crippen molar-refractivity contribution in [2.45, 2.75) is 39.5 Å². The maximum Gasteiger partial charge on any atom is 0.284 e. The summed E-state index contributed by atoms with van der Waals surface area (Å²) in [4.78, 5) is 5.00. The molecule has 0 aliphatic carbocycles. The highest BCUT2D eigenvalue weighted by molar-refractivity contribution is 7.90. The molecule has 4 rings (SSSR count). The molecule has 5 nitrogen and oxygen atoms in total. The summed E-state index contributed by atoms with van der Waals surface area (Å²) < 4.78 is 30.2. The molecule has 0 atom stereocenters. The van der Waals surface area contributed by atoms with Gasteiger partial charge >= 0.3 is 0 Å². The van der Waals surface area contributed by atoms with Gasteiger partial charge in [-0.25, -0.2) is 4.99 Å². The van der Waals surface area contributed by atoms with Gasteiger partial charge in [0.05, 0.1) is 10.6 Å². The first-order valence-electron chi connectivity index (χ1n) is 10.1. The van der Waals surface area contributed by atoms with Crippen LogP contribution >= 0.6 is 0 Å². The Morgan fingerprint density at radius 1 is 0.742 bits per heavy atom. The average molecular weight is 432 g/mol. The van der Waals surface area contributed by atoms with E-state index in [-0.39, 0.29) is 10.7 Å². The summed E-state index contributed by atoms with van der Waals surface area (Å²) in [6.07, 6.45) is 0. The van der Waals surface area contributed by atoms with Crippen molar-refractivity contribution < 1.29 is 8.42 Å². The molecule has 1 aliphatic heterocycles. The fourth-order valence-corrected chi connectivity index (χ4v) is 4.85. The quantitative estimate of drug-likeness (QED) is 0.590. The van der Waals surface area contributed by atoms with Crippen molar-refractivity contribution in [2.75, 3.05) is 5.32 Å². The molecule has 0 saturated heterocycles. The Kier molecular flexibility index (Phi) is 5.27. The standard InChI is InChI=1S/C25H25N3O2S/c1-15-6-8-21(9-7-15)31(29,30)28-25-24(26-20-12-16(2)10-17(3)13-20)23-19(5)11-18(4)14-22(23)27-25/h6-14H,1-5H3,(H,26,27,28). The summed E-state index contributed by atoms with van der Waals surface area (Å²) in [7, 11) is -3.90. The molecule has 0 amide bonds. The van der Waals surface area contributed by atoms with Crippen molar-refractivity contribution in [3.8, 4) is 0 Å². The molecule has 3 aromatic carbocycles. The van der Waals surface area contributed by atoms with Gasteiger partial charge in [0.2, 0.25) is 0 Å². The van der Waals surface area contributed by atoms with E-state index in [1.165, 1.54) is 0 Å². The number of rotatable bonds is 3. The predicted octanol–water partition coefficient (Wildman–Crippen LogP) is 5.56. The highest BCUT2D eigenvalue weighted by Crippen LogP contribution is 2.31. The van der Waals surface area contributed by atoms with Gasteiger partial charge in [0, 0.05) is 11.3 Å². The lowest BCUT2D eigenvalue weighted by Crippen LogP contribution is -2.18. The second kappa shape index (κ2) is 7.78. The lowest BCUT2D eigenvalue weighted by atomic mass is 10.0. The first kappa shape index (κ1) is 21.0. The van der Waals surface area contributed by atoms with Crippen LogP contribution in [0.5, 0.6) is 0 Å². The Balaban J connectivity index is 1.90. The normalized spacial score (nSPS) is 15.9. The smallest absolute Gasteiger partial charge is 0.284 e. The molecule has 31 heavy (non-hydrogen) atoms. The van der Waals surface area contributed by atoms with Crippen LogP contribution in [0.3, 0.4) is 0 Å². The zero-order valence-electron chi connectivity index (χ0n) is 18.3. The minimum absolute atomic E-state index is 0.155. The van der Waals surface area contributed by atoms with E-state index in [0.717, 1.165) is 44.8 Å². The van der Waals surface area contributed by atoms with E-state index in [1.54, 1.807) is 24.3 Å². The van der Waals surface area contributed by atoms with E-state index in [0.29, 0.717) is 5.71 Å². The van der Waals surface area contributed by atoms with Crippen LogP contribution in [-0.4, -0.2) is 20.0 Å². The number of fused-ring (bicyclic) bond motifs is 1. The van der Waals surface area contributed by atoms with Gasteiger partial charge < -0.3 is 5.32 Å². The lowest BCUT2D eigenvalue weighted by molar-refractivity contribution is 0.598. The summed E-state index contributed by atoms with van der Waals surface area (Å²) in [5.41, 5.74) is 8.27. The molecule has 0 unspecified atom stereocenters. The number of nitrogens with zero attached hydrogens (tertiary/aromatic N) is 2. The third-order valence-electron chi connectivity index (χ3n) is 5.17. The number of benzene rings is 3. The van der Waals surface area contributed by atoms with E-state index < -0.39 is 10.0 Å². The molecule has 158 valence electrons. The fourth-order valence-electron chi connectivity index (χ4n) is 3.89. The average Bonchev–Trinajstić information content (AvgIpc) is 2.97. The Labute approximate surface area is 183 Å². The fraction of sp³-hybridized carbons (Fsp3) is 0.200. The number of amidine groups is 1. The number of anilines is 1. The Morgan fingerprint density at radius 3 is 2.00 bits per heavy atom. The van der Waals surface area contributed by atoms with Crippen molar-refractivity contribution in [3.05, 3.63) is 88.0 Å². The first-order valence-corrected chi connectivity index (χ1v) is 11.5. The van der Waals surface area contributed by atoms with Gasteiger partial charge in [0.15, 0.2) is 5.84 Å². The van der Waals surface area contributed by atoms with Gasteiger partial charge in [0.25, 0.3) is 10.0 Å². The van der Waals surface area contributed by atoms with E-state index in [4.69, 9.17) is 4.99 Å². The number of nitrogens with one attached hydrogen (secondary N) is 1. The van der Waals surface area contributed by atoms with Gasteiger partial charge in [-0.15, -0.1) is 4.40 Å². The van der Waals surface area contributed by atoms with Crippen LogP contribution in [0.4, 0.5) is 11.4 Å². The molecule has 0 saturated carbocycles. The number of hydrogen-bond donors (Lipinski definition) is 1. The molecule has 1 heterocycles. The third-order valence-corrected chi connectivity index (χ3v) is 6.46. The van der Waals surface area contributed by atoms with Crippen LogP contribution in [-0.2, 0) is 10.0 Å². The van der Waals surface area contributed by atoms with Crippen LogP contribution in [0.15, 0.2) is 68.9 Å². The van der Waals surface area contributed by atoms with Crippen molar-refractivity contribution in [1.82, 2.24) is 0 Å². The molecule has 1 N–H and O–H groups in total. The van der Waals surface area contributed by atoms with E-state index in [9.17, 15) is 8.42 Å². The molecule has 0 fully saturated rings. The monoisotopic (exact) mass is 431 g/mol. The molecule has 1 aliphatic rings. The highest BCUT2D eigenvalue weighted by Gasteiger charge is 2.29. The van der Waals surface area contributed by atoms with E-state index >= 15 is 0 Å². The summed E-state index contributed by atoms with van der Waals surface area (Å²) in [5, 5.41) is 3.19. The highest BCUT2D eigenvalue weighted by atomic mass is 32.2. The molecule has 0 radical (unpaired) electrons. The van der Waals surface area contributed by atoms with Crippen molar-refractivity contribution in [3.63, 3.8) is 0 Å². The van der Waals surface area contributed by atoms with Crippen LogP contribution < -0.4 is 5.32 Å². The summed E-state index contributed by atoms with van der Waals surface area (Å²) in [5.74, 6) is 0.239. The summed E-state index contributed by atoms with van der Waals surface area (Å²) >= 11 is 0. The molecule has 0 bridgehead atoms. The Bertz CT molecular complexity index is 1330. The third kappa shape index (κ3) is 4.30. The van der Waals surface area contributed by atoms with Gasteiger partial charge in [-0.1, -0.05) is 29.8 Å². The zero-order chi connectivity index (χ0) is 22.3. The van der Waals surface area contributed by atoms with E-state index in [1.807, 2.05) is 52.8 Å². The summed E-state index contributed by atoms with van der Waals surface area (Å²) in [6.45, 7) is 9.96. The maximum absolute atomic E-state index is 13.0. The lowest BCUT2D eigenvalue weighted by Gasteiger charge is -2.06. The molecular weight excluding hydrogens is 406 g/mol. The zero-order valence-corrected chi connectivity index (χ0v) is 19.1. The maximum atomic E-state index is 13.0. The van der Waals surface area contributed by atoms with Gasteiger partial charge in [-0.3, -0.25) is 0 Å². The largest absolute Gasteiger partial charge is 0.337 e. The SMILES string of the molecule is Cc1ccc(S(=O)(=O)/N=C2\Nc3cc(C)cc(C)c3C2=Nc2cc(C)cc(C)c2)cc1. The number of sulfonamides is 1. The van der Waals surface area contributed by atoms with Gasteiger partial charge in [0.1, 0.15) is 5.71 Å². The minimum atomic E-state index is -3.90. The van der Waals surface area contributed by atoms with E-state index in [2.05, 4.69) is 21.8 Å². The first-order chi connectivity index (χ1) is 14.6. The number of aliphatic imine (C=N–C) groups is 1. The predicted molar refractivity (Wildman–Crippen MR) is 127 cm³/mol. The second-order valence-corrected chi connectivity index (χ2v) is 9.77. The van der Waals surface area contributed by atoms with Crippen molar-refractivity contribution in [2.24, 2.45) is 9.39 Å². The van der Waals surface area contributed by atoms with Crippen LogP contribution in [0.2, 0.25) is 0 Å². The minimum Gasteiger partial charge on any atom is -0.337 e. The van der Waals surface area contributed by atoms with Gasteiger partial charge in [-0.2, -0.15) is 8.42 Å². The Hall–Kier alpha value is -3.25. The van der Waals surface area contributed by atoms with Crippen LogP contribution in [0.1, 0.15) is 33.4 Å². The molecule has 6 heteroatoms. The van der Waals surface area contributed by atoms with Crippen LogP contribution in [0.25, 0.3) is 0 Å². The summed E-state index contributed by atoms with van der Waals surface area (Å²) in [6, 6.07) is 16.8. The molecular formula is C25H25N3O2S. The molecule has 3 aromatic rings. The molecule has 0 spiro atoms. The van der Waals surface area contributed by atoms with Crippen LogP contribution in [0, 0.1) is 34.6 Å². The second-order valence-electron chi connectivity index (χ2n) is 8.16. The van der Waals surface area contributed by atoms with Crippen molar-refractivity contribution in [1.29, 1.82) is 0 Å². The number of aryl methyl sites for hydroxylation is 5.